The maximum atomic E-state index is 13.4. The molecule has 0 atom stereocenters. The van der Waals surface area contributed by atoms with Crippen molar-refractivity contribution in [3.63, 3.8) is 0 Å². The van der Waals surface area contributed by atoms with Gasteiger partial charge in [0, 0.05) is 17.4 Å². The van der Waals surface area contributed by atoms with Crippen molar-refractivity contribution >= 4 is 24.0 Å². The van der Waals surface area contributed by atoms with Crippen molar-refractivity contribution in [2.75, 3.05) is 5.75 Å². The Bertz CT molecular complexity index is 453. The topological polar surface area (TPSA) is 12.9 Å². The minimum Gasteiger partial charge on any atom is -0.241 e. The fraction of sp³-hybridized carbons (Fsp3) is 0.182. The molecule has 0 N–H and O–H groups in total. The smallest absolute Gasteiger partial charge is 0.132 e. The van der Waals surface area contributed by atoms with E-state index in [9.17, 15) is 4.39 Å². The van der Waals surface area contributed by atoms with Gasteiger partial charge < -0.3 is 0 Å². The Balaban J connectivity index is 2.33. The predicted octanol–water partition coefficient (Wildman–Crippen LogP) is 3.42. The van der Waals surface area contributed by atoms with Crippen LogP contribution in [-0.2, 0) is 6.42 Å². The number of hydrogen-bond acceptors (Lipinski definition) is 3. The highest BCUT2D eigenvalue weighted by Gasteiger charge is 2.07. The maximum absolute atomic E-state index is 13.4. The third-order valence-electron chi connectivity index (χ3n) is 2.03. The number of aromatic nitrogens is 1. The van der Waals surface area contributed by atoms with E-state index in [1.54, 1.807) is 23.5 Å². The first kappa shape index (κ1) is 10.6. The molecule has 15 heavy (non-hydrogen) atoms. The number of nitrogens with zero attached hydrogens (tertiary/aromatic N) is 1. The van der Waals surface area contributed by atoms with E-state index in [0.29, 0.717) is 5.56 Å². The molecular weight excluding hydrogens is 229 g/mol. The van der Waals surface area contributed by atoms with E-state index in [1.165, 1.54) is 6.07 Å². The van der Waals surface area contributed by atoms with Gasteiger partial charge >= 0.3 is 0 Å². The average Bonchev–Trinajstić information content (AvgIpc) is 2.68. The quantitative estimate of drug-likeness (QED) is 0.810. The Morgan fingerprint density at radius 3 is 2.87 bits per heavy atom. The Kier molecular flexibility index (Phi) is 3.38. The molecule has 0 amide bonds. The van der Waals surface area contributed by atoms with Gasteiger partial charge in [0.1, 0.15) is 5.82 Å². The third-order valence-corrected chi connectivity index (χ3v) is 3.16. The second-order valence-electron chi connectivity index (χ2n) is 3.08. The molecule has 1 aromatic carbocycles. The summed E-state index contributed by atoms with van der Waals surface area (Å²) in [5, 5.41) is 2.89. The Morgan fingerprint density at radius 2 is 2.13 bits per heavy atom. The van der Waals surface area contributed by atoms with Crippen molar-refractivity contribution in [2.45, 2.75) is 6.42 Å². The summed E-state index contributed by atoms with van der Waals surface area (Å²) in [4.78, 5) is 4.36. The Labute approximate surface area is 97.4 Å². The molecule has 0 aliphatic heterocycles. The molecule has 0 saturated carbocycles. The highest BCUT2D eigenvalue weighted by atomic mass is 32.1. The molecule has 0 unspecified atom stereocenters. The fourth-order valence-corrected chi connectivity index (χ4v) is 2.48. The zero-order chi connectivity index (χ0) is 10.7. The first-order chi connectivity index (χ1) is 7.31. The molecule has 0 saturated heterocycles. The molecule has 2 aromatic rings. The summed E-state index contributed by atoms with van der Waals surface area (Å²) in [6, 6.07) is 6.69. The van der Waals surface area contributed by atoms with Gasteiger partial charge in [0.2, 0.25) is 0 Å². The van der Waals surface area contributed by atoms with Gasteiger partial charge in [0.25, 0.3) is 0 Å². The van der Waals surface area contributed by atoms with E-state index >= 15 is 0 Å². The van der Waals surface area contributed by atoms with Gasteiger partial charge in [0.05, 0.1) is 10.7 Å². The van der Waals surface area contributed by atoms with Crippen molar-refractivity contribution in [1.29, 1.82) is 0 Å². The van der Waals surface area contributed by atoms with Gasteiger partial charge in [-0.15, -0.1) is 11.3 Å². The Hall–Kier alpha value is -0.870. The van der Waals surface area contributed by atoms with Gasteiger partial charge in [-0.05, 0) is 17.9 Å². The van der Waals surface area contributed by atoms with Crippen LogP contribution < -0.4 is 0 Å². The summed E-state index contributed by atoms with van der Waals surface area (Å²) >= 11 is 5.69. The van der Waals surface area contributed by atoms with Crippen LogP contribution in [0, 0.1) is 5.82 Å². The molecule has 1 nitrogen and oxygen atoms in total. The number of hydrogen-bond donors (Lipinski definition) is 1. The summed E-state index contributed by atoms with van der Waals surface area (Å²) in [5.74, 6) is 0.546. The van der Waals surface area contributed by atoms with Crippen LogP contribution in [-0.4, -0.2) is 10.7 Å². The highest BCUT2D eigenvalue weighted by molar-refractivity contribution is 7.80. The molecule has 1 aromatic heterocycles. The second-order valence-corrected chi connectivity index (χ2v) is 4.47. The van der Waals surface area contributed by atoms with Gasteiger partial charge in [-0.3, -0.25) is 0 Å². The van der Waals surface area contributed by atoms with Crippen molar-refractivity contribution < 1.29 is 4.39 Å². The number of rotatable bonds is 3. The third kappa shape index (κ3) is 2.38. The molecular formula is C11H10FNS2. The summed E-state index contributed by atoms with van der Waals surface area (Å²) in [6.07, 6.45) is 0.836. The maximum Gasteiger partial charge on any atom is 0.132 e. The van der Waals surface area contributed by atoms with E-state index in [4.69, 9.17) is 0 Å². The van der Waals surface area contributed by atoms with Gasteiger partial charge in [-0.25, -0.2) is 9.37 Å². The fourth-order valence-electron chi connectivity index (χ4n) is 1.31. The average molecular weight is 239 g/mol. The molecule has 0 aliphatic carbocycles. The molecule has 0 radical (unpaired) electrons. The lowest BCUT2D eigenvalue weighted by atomic mass is 10.2. The summed E-state index contributed by atoms with van der Waals surface area (Å²) < 4.78 is 13.4. The minimum atomic E-state index is -0.222. The number of benzene rings is 1. The molecule has 0 aliphatic rings. The first-order valence-corrected chi connectivity index (χ1v) is 6.12. The van der Waals surface area contributed by atoms with Crippen LogP contribution in [0.3, 0.4) is 0 Å². The summed E-state index contributed by atoms with van der Waals surface area (Å²) in [6.45, 7) is 0. The van der Waals surface area contributed by atoms with E-state index in [0.717, 1.165) is 22.9 Å². The number of thiol groups is 1. The number of thiazole rings is 1. The van der Waals surface area contributed by atoms with Crippen molar-refractivity contribution in [3.05, 3.63) is 40.5 Å². The standard InChI is InChI=1S/C11H10FNS2/c12-9-4-2-1-3-8(9)10-7-15-11(13-10)5-6-14/h1-4,7,14H,5-6H2. The second kappa shape index (κ2) is 4.77. The van der Waals surface area contributed by atoms with Crippen LogP contribution in [0.1, 0.15) is 5.01 Å². The summed E-state index contributed by atoms with van der Waals surface area (Å²) in [5.41, 5.74) is 1.29. The van der Waals surface area contributed by atoms with E-state index < -0.39 is 0 Å². The minimum absolute atomic E-state index is 0.222. The van der Waals surface area contributed by atoms with Crippen LogP contribution in [0.15, 0.2) is 29.6 Å². The van der Waals surface area contributed by atoms with Crippen LogP contribution in [0.5, 0.6) is 0 Å². The lowest BCUT2D eigenvalue weighted by Crippen LogP contribution is -1.87. The molecule has 1 heterocycles. The largest absolute Gasteiger partial charge is 0.241 e. The van der Waals surface area contributed by atoms with E-state index in [-0.39, 0.29) is 5.82 Å². The van der Waals surface area contributed by atoms with Crippen LogP contribution in [0.4, 0.5) is 4.39 Å². The summed E-state index contributed by atoms with van der Waals surface area (Å²) in [7, 11) is 0. The molecule has 0 fully saturated rings. The zero-order valence-electron chi connectivity index (χ0n) is 7.98. The van der Waals surface area contributed by atoms with Crippen LogP contribution in [0.2, 0.25) is 0 Å². The lowest BCUT2D eigenvalue weighted by molar-refractivity contribution is 0.631. The van der Waals surface area contributed by atoms with Crippen molar-refractivity contribution in [2.24, 2.45) is 0 Å². The lowest BCUT2D eigenvalue weighted by Gasteiger charge is -1.97. The SMILES string of the molecule is Fc1ccccc1-c1csc(CCS)n1. The van der Waals surface area contributed by atoms with Crippen LogP contribution in [0.25, 0.3) is 11.3 Å². The van der Waals surface area contributed by atoms with E-state index in [2.05, 4.69) is 17.6 Å². The molecule has 78 valence electrons. The van der Waals surface area contributed by atoms with Gasteiger partial charge in [-0.1, -0.05) is 12.1 Å². The Morgan fingerprint density at radius 1 is 1.33 bits per heavy atom. The monoisotopic (exact) mass is 239 g/mol. The van der Waals surface area contributed by atoms with Crippen LogP contribution >= 0.6 is 24.0 Å². The van der Waals surface area contributed by atoms with Crippen molar-refractivity contribution in [3.8, 4) is 11.3 Å². The zero-order valence-corrected chi connectivity index (χ0v) is 9.69. The molecule has 0 bridgehead atoms. The molecule has 2 rings (SSSR count). The predicted molar refractivity (Wildman–Crippen MR) is 65.1 cm³/mol. The molecule has 0 spiro atoms. The van der Waals surface area contributed by atoms with Gasteiger partial charge in [0.15, 0.2) is 0 Å². The highest BCUT2D eigenvalue weighted by Crippen LogP contribution is 2.24. The molecule has 4 heteroatoms. The van der Waals surface area contributed by atoms with Crippen molar-refractivity contribution in [1.82, 2.24) is 4.98 Å². The van der Waals surface area contributed by atoms with E-state index in [1.807, 2.05) is 11.4 Å². The number of aryl methyl sites for hydroxylation is 1. The number of halogens is 1. The normalized spacial score (nSPS) is 10.5. The van der Waals surface area contributed by atoms with Gasteiger partial charge in [-0.2, -0.15) is 12.6 Å². The first-order valence-electron chi connectivity index (χ1n) is 4.61.